The van der Waals surface area contributed by atoms with E-state index in [1.54, 1.807) is 7.11 Å². The zero-order valence-electron chi connectivity index (χ0n) is 9.94. The minimum Gasteiger partial charge on any atom is -0.378 e. The molecule has 0 atom stereocenters. The van der Waals surface area contributed by atoms with Crippen LogP contribution in [0.1, 0.15) is 17.1 Å². The standard InChI is InChI=1S/C13H13BrN2O2/c1-18-8-10-7-13(17)16-12(15-10)6-9-4-2-3-5-11(9)14/h2-5,7H,6,8H2,1H3,(H,15,16,17). The molecule has 1 aromatic carbocycles. The molecule has 0 aliphatic carbocycles. The summed E-state index contributed by atoms with van der Waals surface area (Å²) < 4.78 is 5.99. The van der Waals surface area contributed by atoms with Crippen molar-refractivity contribution in [3.05, 3.63) is 62.2 Å². The summed E-state index contributed by atoms with van der Waals surface area (Å²) in [5.41, 5.74) is 1.57. The van der Waals surface area contributed by atoms with Crippen molar-refractivity contribution in [2.45, 2.75) is 13.0 Å². The molecule has 1 aromatic heterocycles. The van der Waals surface area contributed by atoms with Gasteiger partial charge in [0.2, 0.25) is 0 Å². The maximum atomic E-state index is 11.5. The first kappa shape index (κ1) is 13.0. The number of aromatic nitrogens is 2. The zero-order valence-corrected chi connectivity index (χ0v) is 11.5. The van der Waals surface area contributed by atoms with Gasteiger partial charge < -0.3 is 9.72 Å². The number of methoxy groups -OCH3 is 1. The number of H-pyrrole nitrogens is 1. The van der Waals surface area contributed by atoms with Gasteiger partial charge in [0.15, 0.2) is 0 Å². The Labute approximate surface area is 113 Å². The first-order valence-corrected chi connectivity index (χ1v) is 6.30. The lowest BCUT2D eigenvalue weighted by Crippen LogP contribution is -2.13. The highest BCUT2D eigenvalue weighted by Gasteiger charge is 2.05. The molecule has 1 heterocycles. The minimum absolute atomic E-state index is 0.154. The summed E-state index contributed by atoms with van der Waals surface area (Å²) in [7, 11) is 1.58. The normalized spacial score (nSPS) is 10.6. The summed E-state index contributed by atoms with van der Waals surface area (Å²) in [5.74, 6) is 0.640. The van der Waals surface area contributed by atoms with Gasteiger partial charge in [-0.15, -0.1) is 0 Å². The molecule has 0 radical (unpaired) electrons. The number of nitrogens with one attached hydrogen (secondary N) is 1. The molecule has 0 spiro atoms. The number of hydrogen-bond acceptors (Lipinski definition) is 3. The van der Waals surface area contributed by atoms with E-state index >= 15 is 0 Å². The average Bonchev–Trinajstić information content (AvgIpc) is 2.32. The number of nitrogens with zero attached hydrogens (tertiary/aromatic N) is 1. The number of aromatic amines is 1. The Balaban J connectivity index is 2.29. The van der Waals surface area contributed by atoms with Crippen molar-refractivity contribution in [2.75, 3.05) is 7.11 Å². The van der Waals surface area contributed by atoms with Gasteiger partial charge in [-0.3, -0.25) is 4.79 Å². The number of halogens is 1. The van der Waals surface area contributed by atoms with E-state index in [4.69, 9.17) is 4.74 Å². The molecule has 0 saturated heterocycles. The lowest BCUT2D eigenvalue weighted by molar-refractivity contribution is 0.181. The average molecular weight is 309 g/mol. The molecular weight excluding hydrogens is 296 g/mol. The predicted octanol–water partition coefficient (Wildman–Crippen LogP) is 2.27. The van der Waals surface area contributed by atoms with Crippen molar-refractivity contribution in [2.24, 2.45) is 0 Å². The van der Waals surface area contributed by atoms with E-state index in [1.165, 1.54) is 6.07 Å². The van der Waals surface area contributed by atoms with Gasteiger partial charge >= 0.3 is 0 Å². The van der Waals surface area contributed by atoms with Crippen LogP contribution in [0, 0.1) is 0 Å². The fourth-order valence-electron chi connectivity index (χ4n) is 1.69. The molecule has 0 aliphatic heterocycles. The second kappa shape index (κ2) is 5.93. The van der Waals surface area contributed by atoms with Crippen molar-refractivity contribution in [1.82, 2.24) is 9.97 Å². The van der Waals surface area contributed by atoms with E-state index < -0.39 is 0 Å². The van der Waals surface area contributed by atoms with E-state index in [-0.39, 0.29) is 5.56 Å². The summed E-state index contributed by atoms with van der Waals surface area (Å²) >= 11 is 3.48. The second-order valence-corrected chi connectivity index (χ2v) is 4.74. The third-order valence-electron chi connectivity index (χ3n) is 2.45. The molecule has 0 unspecified atom stereocenters. The number of hydrogen-bond donors (Lipinski definition) is 1. The van der Waals surface area contributed by atoms with Gasteiger partial charge in [0.05, 0.1) is 12.3 Å². The van der Waals surface area contributed by atoms with Gasteiger partial charge in [0, 0.05) is 24.1 Å². The highest BCUT2D eigenvalue weighted by atomic mass is 79.9. The van der Waals surface area contributed by atoms with Crippen molar-refractivity contribution >= 4 is 15.9 Å². The lowest BCUT2D eigenvalue weighted by atomic mass is 10.1. The minimum atomic E-state index is -0.154. The maximum Gasteiger partial charge on any atom is 0.251 e. The van der Waals surface area contributed by atoms with Gasteiger partial charge in [0.25, 0.3) is 5.56 Å². The molecule has 0 aliphatic rings. The summed E-state index contributed by atoms with van der Waals surface area (Å²) in [5, 5.41) is 0. The van der Waals surface area contributed by atoms with E-state index in [1.807, 2.05) is 24.3 Å². The van der Waals surface area contributed by atoms with Gasteiger partial charge in [-0.1, -0.05) is 34.1 Å². The molecule has 1 N–H and O–H groups in total. The molecule has 2 aromatic rings. The molecule has 0 bridgehead atoms. The van der Waals surface area contributed by atoms with Crippen molar-refractivity contribution in [3.63, 3.8) is 0 Å². The fraction of sp³-hybridized carbons (Fsp3) is 0.231. The number of ether oxygens (including phenoxy) is 1. The summed E-state index contributed by atoms with van der Waals surface area (Å²) in [4.78, 5) is 18.6. The highest BCUT2D eigenvalue weighted by molar-refractivity contribution is 9.10. The molecule has 2 rings (SSSR count). The van der Waals surface area contributed by atoms with Crippen LogP contribution in [0.3, 0.4) is 0 Å². The van der Waals surface area contributed by atoms with Crippen LogP contribution in [0.5, 0.6) is 0 Å². The zero-order chi connectivity index (χ0) is 13.0. The Morgan fingerprint density at radius 3 is 2.89 bits per heavy atom. The van der Waals surface area contributed by atoms with Crippen LogP contribution in [0.4, 0.5) is 0 Å². The Hall–Kier alpha value is -1.46. The molecule has 0 amide bonds. The molecular formula is C13H13BrN2O2. The Morgan fingerprint density at radius 1 is 1.39 bits per heavy atom. The van der Waals surface area contributed by atoms with Crippen LogP contribution in [0.15, 0.2) is 39.6 Å². The Kier molecular flexibility index (Phi) is 4.28. The van der Waals surface area contributed by atoms with Crippen LogP contribution in [-0.4, -0.2) is 17.1 Å². The van der Waals surface area contributed by atoms with Crippen LogP contribution < -0.4 is 5.56 Å². The van der Waals surface area contributed by atoms with Crippen LogP contribution in [0.2, 0.25) is 0 Å². The third-order valence-corrected chi connectivity index (χ3v) is 3.23. The number of rotatable bonds is 4. The van der Waals surface area contributed by atoms with E-state index in [0.29, 0.717) is 24.5 Å². The van der Waals surface area contributed by atoms with Gasteiger partial charge in [0.1, 0.15) is 5.82 Å². The molecule has 94 valence electrons. The Bertz CT molecular complexity index is 596. The van der Waals surface area contributed by atoms with Gasteiger partial charge in [-0.25, -0.2) is 4.98 Å². The van der Waals surface area contributed by atoms with Gasteiger partial charge in [-0.2, -0.15) is 0 Å². The Morgan fingerprint density at radius 2 is 2.17 bits per heavy atom. The monoisotopic (exact) mass is 308 g/mol. The lowest BCUT2D eigenvalue weighted by Gasteiger charge is -2.05. The predicted molar refractivity (Wildman–Crippen MR) is 72.5 cm³/mol. The smallest absolute Gasteiger partial charge is 0.251 e. The van der Waals surface area contributed by atoms with E-state index in [9.17, 15) is 4.79 Å². The van der Waals surface area contributed by atoms with Gasteiger partial charge in [-0.05, 0) is 11.6 Å². The molecule has 18 heavy (non-hydrogen) atoms. The van der Waals surface area contributed by atoms with Crippen LogP contribution in [0.25, 0.3) is 0 Å². The van der Waals surface area contributed by atoms with Crippen LogP contribution >= 0.6 is 15.9 Å². The molecule has 4 nitrogen and oxygen atoms in total. The molecule has 0 fully saturated rings. The van der Waals surface area contributed by atoms with Crippen molar-refractivity contribution < 1.29 is 4.74 Å². The SMILES string of the molecule is COCc1cc(=O)[nH]c(Cc2ccccc2Br)n1. The molecule has 5 heteroatoms. The first-order valence-electron chi connectivity index (χ1n) is 5.50. The largest absolute Gasteiger partial charge is 0.378 e. The summed E-state index contributed by atoms with van der Waals surface area (Å²) in [6, 6.07) is 9.31. The summed E-state index contributed by atoms with van der Waals surface area (Å²) in [6.45, 7) is 0.340. The quantitative estimate of drug-likeness (QED) is 0.942. The van der Waals surface area contributed by atoms with Crippen molar-refractivity contribution in [3.8, 4) is 0 Å². The van der Waals surface area contributed by atoms with E-state index in [0.717, 1.165) is 10.0 Å². The first-order chi connectivity index (χ1) is 8.69. The topological polar surface area (TPSA) is 55.0 Å². The second-order valence-electron chi connectivity index (χ2n) is 3.88. The van der Waals surface area contributed by atoms with Crippen LogP contribution in [-0.2, 0) is 17.8 Å². The maximum absolute atomic E-state index is 11.5. The summed E-state index contributed by atoms with van der Waals surface area (Å²) in [6.07, 6.45) is 0.578. The fourth-order valence-corrected chi connectivity index (χ4v) is 2.12. The number of benzene rings is 1. The molecule has 0 saturated carbocycles. The van der Waals surface area contributed by atoms with E-state index in [2.05, 4.69) is 25.9 Å². The highest BCUT2D eigenvalue weighted by Crippen LogP contribution is 2.17. The van der Waals surface area contributed by atoms with Crippen molar-refractivity contribution in [1.29, 1.82) is 0 Å². The third kappa shape index (κ3) is 3.27.